The van der Waals surface area contributed by atoms with E-state index < -0.39 is 0 Å². The zero-order chi connectivity index (χ0) is 13.9. The van der Waals surface area contributed by atoms with Crippen molar-refractivity contribution in [1.29, 1.82) is 0 Å². The monoisotopic (exact) mass is 309 g/mol. The van der Waals surface area contributed by atoms with Gasteiger partial charge in [0.05, 0.1) is 0 Å². The quantitative estimate of drug-likeness (QED) is 0.895. The van der Waals surface area contributed by atoms with Gasteiger partial charge in [-0.1, -0.05) is 18.2 Å². The maximum Gasteiger partial charge on any atom is 0.225 e. The molecular weight excluding hydrogens is 286 g/mol. The predicted molar refractivity (Wildman–Crippen MR) is 87.6 cm³/mol. The SMILES string of the molecule is Cl.NC1CCC2CN(CCC(=O)Nc3ccccc3)CC12. The number of fused-ring (bicyclic) bond motifs is 1. The lowest BCUT2D eigenvalue weighted by Crippen LogP contribution is -2.31. The molecule has 1 amide bonds. The van der Waals surface area contributed by atoms with Crippen LogP contribution in [0.5, 0.6) is 0 Å². The van der Waals surface area contributed by atoms with E-state index in [4.69, 9.17) is 5.73 Å². The van der Waals surface area contributed by atoms with Crippen molar-refractivity contribution in [2.24, 2.45) is 17.6 Å². The lowest BCUT2D eigenvalue weighted by molar-refractivity contribution is -0.116. The average Bonchev–Trinajstić information content (AvgIpc) is 3.00. The third-order valence-corrected chi connectivity index (χ3v) is 4.70. The van der Waals surface area contributed by atoms with Crippen LogP contribution in [0.2, 0.25) is 0 Å². The Morgan fingerprint density at radius 3 is 2.71 bits per heavy atom. The van der Waals surface area contributed by atoms with E-state index in [1.165, 1.54) is 12.8 Å². The van der Waals surface area contributed by atoms with E-state index in [2.05, 4.69) is 10.2 Å². The van der Waals surface area contributed by atoms with Crippen LogP contribution in [-0.2, 0) is 4.79 Å². The van der Waals surface area contributed by atoms with Crippen LogP contribution in [0.15, 0.2) is 30.3 Å². The summed E-state index contributed by atoms with van der Waals surface area (Å²) in [6.45, 7) is 3.04. The molecule has 0 spiro atoms. The summed E-state index contributed by atoms with van der Waals surface area (Å²) in [5.74, 6) is 1.52. The molecule has 1 saturated heterocycles. The average molecular weight is 310 g/mol. The highest BCUT2D eigenvalue weighted by atomic mass is 35.5. The van der Waals surface area contributed by atoms with Crippen molar-refractivity contribution in [3.05, 3.63) is 30.3 Å². The van der Waals surface area contributed by atoms with E-state index in [0.29, 0.717) is 18.4 Å². The number of hydrogen-bond donors (Lipinski definition) is 2. The molecule has 1 aromatic carbocycles. The number of carbonyl (C=O) groups is 1. The van der Waals surface area contributed by atoms with E-state index in [1.54, 1.807) is 0 Å². The summed E-state index contributed by atoms with van der Waals surface area (Å²) in [5, 5.41) is 2.93. The van der Waals surface area contributed by atoms with Crippen molar-refractivity contribution in [1.82, 2.24) is 4.90 Å². The zero-order valence-electron chi connectivity index (χ0n) is 12.2. The molecule has 1 aliphatic carbocycles. The Kier molecular flexibility index (Phi) is 5.62. The van der Waals surface area contributed by atoms with Crippen molar-refractivity contribution < 1.29 is 4.79 Å². The molecule has 0 radical (unpaired) electrons. The number of para-hydroxylation sites is 1. The molecule has 3 unspecified atom stereocenters. The summed E-state index contributed by atoms with van der Waals surface area (Å²) in [7, 11) is 0. The maximum atomic E-state index is 11.9. The second-order valence-electron chi connectivity index (χ2n) is 6.09. The minimum absolute atomic E-state index is 0. The summed E-state index contributed by atoms with van der Waals surface area (Å²) in [6.07, 6.45) is 3.00. The van der Waals surface area contributed by atoms with Gasteiger partial charge in [0.25, 0.3) is 0 Å². The number of amides is 1. The maximum absolute atomic E-state index is 11.9. The summed E-state index contributed by atoms with van der Waals surface area (Å²) >= 11 is 0. The van der Waals surface area contributed by atoms with Crippen molar-refractivity contribution >= 4 is 24.0 Å². The first-order chi connectivity index (χ1) is 9.72. The lowest BCUT2D eigenvalue weighted by atomic mass is 9.98. The Bertz CT molecular complexity index is 468. The standard InChI is InChI=1S/C16H23N3O.ClH/c17-15-7-6-12-10-19(11-14(12)15)9-8-16(20)18-13-4-2-1-3-5-13;/h1-5,12,14-15H,6-11,17H2,(H,18,20);1H. The number of rotatable bonds is 4. The van der Waals surface area contributed by atoms with Gasteiger partial charge >= 0.3 is 0 Å². The highest BCUT2D eigenvalue weighted by Gasteiger charge is 2.40. The Hall–Kier alpha value is -1.10. The van der Waals surface area contributed by atoms with Gasteiger partial charge in [0.15, 0.2) is 0 Å². The number of halogens is 1. The normalized spacial score (nSPS) is 28.0. The second kappa shape index (κ2) is 7.25. The van der Waals surface area contributed by atoms with Crippen LogP contribution in [-0.4, -0.2) is 36.5 Å². The van der Waals surface area contributed by atoms with E-state index in [1.807, 2.05) is 30.3 Å². The first-order valence-corrected chi connectivity index (χ1v) is 7.55. The number of carbonyl (C=O) groups excluding carboxylic acids is 1. The summed E-state index contributed by atoms with van der Waals surface area (Å²) in [6, 6.07) is 10.0. The van der Waals surface area contributed by atoms with Crippen molar-refractivity contribution in [2.45, 2.75) is 25.3 Å². The molecule has 0 bridgehead atoms. The van der Waals surface area contributed by atoms with Crippen LogP contribution >= 0.6 is 12.4 Å². The van der Waals surface area contributed by atoms with Crippen LogP contribution in [0.4, 0.5) is 5.69 Å². The van der Waals surface area contributed by atoms with E-state index in [-0.39, 0.29) is 18.3 Å². The van der Waals surface area contributed by atoms with E-state index >= 15 is 0 Å². The van der Waals surface area contributed by atoms with Gasteiger partial charge in [0, 0.05) is 37.8 Å². The molecule has 1 aliphatic heterocycles. The fourth-order valence-electron chi connectivity index (χ4n) is 3.59. The van der Waals surface area contributed by atoms with Crippen molar-refractivity contribution in [3.63, 3.8) is 0 Å². The molecule has 0 aromatic heterocycles. The van der Waals surface area contributed by atoms with Crippen molar-refractivity contribution in [2.75, 3.05) is 25.0 Å². The molecule has 3 N–H and O–H groups in total. The second-order valence-corrected chi connectivity index (χ2v) is 6.09. The number of nitrogens with one attached hydrogen (secondary N) is 1. The topological polar surface area (TPSA) is 58.4 Å². The molecule has 3 atom stereocenters. The van der Waals surface area contributed by atoms with E-state index in [9.17, 15) is 4.79 Å². The first-order valence-electron chi connectivity index (χ1n) is 7.55. The van der Waals surface area contributed by atoms with Crippen LogP contribution in [0.25, 0.3) is 0 Å². The Balaban J connectivity index is 0.00000161. The summed E-state index contributed by atoms with van der Waals surface area (Å²) in [4.78, 5) is 14.3. The van der Waals surface area contributed by atoms with Crippen LogP contribution in [0.3, 0.4) is 0 Å². The molecule has 21 heavy (non-hydrogen) atoms. The number of nitrogens with two attached hydrogens (primary N) is 1. The first kappa shape index (κ1) is 16.3. The Labute approximate surface area is 132 Å². The molecule has 1 heterocycles. The van der Waals surface area contributed by atoms with Gasteiger partial charge in [-0.05, 0) is 36.8 Å². The van der Waals surface area contributed by atoms with Gasteiger partial charge in [0.2, 0.25) is 5.91 Å². The number of anilines is 1. The highest BCUT2D eigenvalue weighted by Crippen LogP contribution is 2.36. The lowest BCUT2D eigenvalue weighted by Gasteiger charge is -2.18. The molecule has 2 aliphatic rings. The summed E-state index contributed by atoms with van der Waals surface area (Å²) in [5.41, 5.74) is 7.01. The third kappa shape index (κ3) is 3.96. The third-order valence-electron chi connectivity index (χ3n) is 4.70. The Morgan fingerprint density at radius 2 is 2.00 bits per heavy atom. The smallest absolute Gasteiger partial charge is 0.225 e. The number of hydrogen-bond acceptors (Lipinski definition) is 3. The molecule has 116 valence electrons. The number of likely N-dealkylation sites (tertiary alicyclic amines) is 1. The molecule has 4 nitrogen and oxygen atoms in total. The highest BCUT2D eigenvalue weighted by molar-refractivity contribution is 5.90. The molecular formula is C16H24ClN3O. The van der Waals surface area contributed by atoms with Gasteiger partial charge in [0.1, 0.15) is 0 Å². The predicted octanol–water partition coefficient (Wildman–Crippen LogP) is 2.11. The number of nitrogens with zero attached hydrogens (tertiary/aromatic N) is 1. The van der Waals surface area contributed by atoms with Crippen LogP contribution < -0.4 is 11.1 Å². The largest absolute Gasteiger partial charge is 0.327 e. The minimum Gasteiger partial charge on any atom is -0.327 e. The zero-order valence-corrected chi connectivity index (χ0v) is 13.0. The molecule has 3 rings (SSSR count). The van der Waals surface area contributed by atoms with E-state index in [0.717, 1.165) is 31.2 Å². The Morgan fingerprint density at radius 1 is 1.24 bits per heavy atom. The fraction of sp³-hybridized carbons (Fsp3) is 0.562. The van der Waals surface area contributed by atoms with Gasteiger partial charge < -0.3 is 16.0 Å². The summed E-state index contributed by atoms with van der Waals surface area (Å²) < 4.78 is 0. The number of benzene rings is 1. The van der Waals surface area contributed by atoms with Crippen molar-refractivity contribution in [3.8, 4) is 0 Å². The molecule has 5 heteroatoms. The van der Waals surface area contributed by atoms with Crippen LogP contribution in [0, 0.1) is 11.8 Å². The molecule has 2 fully saturated rings. The molecule has 1 saturated carbocycles. The fourth-order valence-corrected chi connectivity index (χ4v) is 3.59. The van der Waals surface area contributed by atoms with Gasteiger partial charge in [-0.25, -0.2) is 0 Å². The minimum atomic E-state index is 0. The van der Waals surface area contributed by atoms with Crippen LogP contribution in [0.1, 0.15) is 19.3 Å². The van der Waals surface area contributed by atoms with Gasteiger partial charge in [-0.2, -0.15) is 0 Å². The van der Waals surface area contributed by atoms with Gasteiger partial charge in [-0.3, -0.25) is 4.79 Å². The van der Waals surface area contributed by atoms with Gasteiger partial charge in [-0.15, -0.1) is 12.4 Å². The molecule has 1 aromatic rings.